The maximum absolute atomic E-state index is 13.0. The Morgan fingerprint density at radius 3 is 2.81 bits per heavy atom. The first-order valence-corrected chi connectivity index (χ1v) is 6.83. The molecule has 0 amide bonds. The van der Waals surface area contributed by atoms with Crippen LogP contribution in [-0.4, -0.2) is 15.6 Å². The van der Waals surface area contributed by atoms with Crippen LogP contribution in [0.1, 0.15) is 16.1 Å². The molecule has 3 rings (SSSR count). The van der Waals surface area contributed by atoms with Crippen molar-refractivity contribution < 1.29 is 9.18 Å². The maximum atomic E-state index is 13.0. The molecule has 0 saturated carbocycles. The third-order valence-corrected chi connectivity index (χ3v) is 3.71. The minimum Gasteiger partial charge on any atom is -0.294 e. The summed E-state index contributed by atoms with van der Waals surface area (Å²) in [5.41, 5.74) is 1.97. The number of rotatable bonds is 3. The van der Waals surface area contributed by atoms with Gasteiger partial charge in [-0.05, 0) is 24.3 Å². The number of aryl methyl sites for hydroxylation is 1. The number of para-hydroxylation sites is 1. The third kappa shape index (κ3) is 2.54. The van der Waals surface area contributed by atoms with E-state index < -0.39 is 5.82 Å². The number of carbonyl (C=O) groups excluding carboxylic acids is 1. The van der Waals surface area contributed by atoms with Crippen LogP contribution >= 0.6 is 11.6 Å². The van der Waals surface area contributed by atoms with Gasteiger partial charge < -0.3 is 0 Å². The van der Waals surface area contributed by atoms with Crippen molar-refractivity contribution in [2.75, 3.05) is 0 Å². The van der Waals surface area contributed by atoms with Crippen LogP contribution in [0.2, 0.25) is 5.02 Å². The first-order valence-electron chi connectivity index (χ1n) is 6.45. The largest absolute Gasteiger partial charge is 0.294 e. The lowest BCUT2D eigenvalue weighted by Gasteiger charge is -2.02. The highest BCUT2D eigenvalue weighted by Crippen LogP contribution is 2.22. The lowest BCUT2D eigenvalue weighted by atomic mass is 10.0. The molecule has 0 spiro atoms. The predicted octanol–water partition coefficient (Wildman–Crippen LogP) is 3.79. The van der Waals surface area contributed by atoms with Crippen LogP contribution in [0.5, 0.6) is 0 Å². The highest BCUT2D eigenvalue weighted by molar-refractivity contribution is 6.34. The molecule has 0 aliphatic rings. The minimum absolute atomic E-state index is 0.125. The quantitative estimate of drug-likeness (QED) is 0.690. The second-order valence-electron chi connectivity index (χ2n) is 4.81. The summed E-state index contributed by atoms with van der Waals surface area (Å²) >= 11 is 5.93. The molecule has 0 radical (unpaired) electrons. The van der Waals surface area contributed by atoms with E-state index in [9.17, 15) is 9.18 Å². The Hall–Kier alpha value is -2.20. The van der Waals surface area contributed by atoms with Crippen LogP contribution in [-0.2, 0) is 13.5 Å². The fourth-order valence-electron chi connectivity index (χ4n) is 2.38. The van der Waals surface area contributed by atoms with Crippen molar-refractivity contribution in [1.82, 2.24) is 9.78 Å². The number of aromatic nitrogens is 2. The molecule has 3 nitrogen and oxygen atoms in total. The minimum atomic E-state index is -0.458. The zero-order valence-electron chi connectivity index (χ0n) is 11.3. The van der Waals surface area contributed by atoms with Gasteiger partial charge >= 0.3 is 0 Å². The molecular formula is C16H12ClFN2O. The fraction of sp³-hybridized carbons (Fsp3) is 0.125. The molecule has 0 aliphatic carbocycles. The third-order valence-electron chi connectivity index (χ3n) is 3.39. The van der Waals surface area contributed by atoms with Gasteiger partial charge in [-0.15, -0.1) is 0 Å². The summed E-state index contributed by atoms with van der Waals surface area (Å²) in [4.78, 5) is 12.3. The molecule has 3 aromatic rings. The van der Waals surface area contributed by atoms with Crippen LogP contribution in [0.3, 0.4) is 0 Å². The summed E-state index contributed by atoms with van der Waals surface area (Å²) in [6, 6.07) is 11.5. The molecule has 1 heterocycles. The van der Waals surface area contributed by atoms with Gasteiger partial charge in [0.25, 0.3) is 0 Å². The van der Waals surface area contributed by atoms with Crippen LogP contribution in [0.25, 0.3) is 10.9 Å². The Bertz CT molecular complexity index is 841. The van der Waals surface area contributed by atoms with Gasteiger partial charge in [0.1, 0.15) is 5.82 Å². The average Bonchev–Trinajstić information content (AvgIpc) is 2.76. The van der Waals surface area contributed by atoms with Gasteiger partial charge in [-0.25, -0.2) is 4.39 Å². The molecule has 0 atom stereocenters. The monoisotopic (exact) mass is 302 g/mol. The van der Waals surface area contributed by atoms with Gasteiger partial charge in [0.05, 0.1) is 22.7 Å². The summed E-state index contributed by atoms with van der Waals surface area (Å²) in [5.74, 6) is -0.635. The van der Waals surface area contributed by atoms with Crippen LogP contribution in [0.4, 0.5) is 4.39 Å². The lowest BCUT2D eigenvalue weighted by Crippen LogP contribution is -2.06. The molecule has 0 fully saturated rings. The number of fused-ring (bicyclic) bond motifs is 1. The average molecular weight is 303 g/mol. The molecule has 0 aliphatic heterocycles. The predicted molar refractivity (Wildman–Crippen MR) is 80.2 cm³/mol. The van der Waals surface area contributed by atoms with Crippen molar-refractivity contribution in [3.05, 3.63) is 64.6 Å². The van der Waals surface area contributed by atoms with E-state index in [4.69, 9.17) is 11.6 Å². The molecule has 5 heteroatoms. The fourth-order valence-corrected chi connectivity index (χ4v) is 2.65. The molecule has 0 N–H and O–H groups in total. The zero-order chi connectivity index (χ0) is 15.0. The number of Topliss-reactive ketones (excluding diaryl/α,β-unsaturated/α-hetero) is 1. The second-order valence-corrected chi connectivity index (χ2v) is 5.22. The van der Waals surface area contributed by atoms with Crippen molar-refractivity contribution in [3.8, 4) is 0 Å². The van der Waals surface area contributed by atoms with E-state index in [0.29, 0.717) is 11.3 Å². The van der Waals surface area contributed by atoms with E-state index in [1.54, 1.807) is 4.68 Å². The van der Waals surface area contributed by atoms with E-state index in [0.717, 1.165) is 17.0 Å². The standard InChI is InChI=1S/C16H12ClFN2O/c1-20-15-5-3-2-4-12(15)14(19-20)9-16(21)11-7-6-10(18)8-13(11)17/h2-8H,9H2,1H3. The molecule has 106 valence electrons. The summed E-state index contributed by atoms with van der Waals surface area (Å²) in [5, 5.41) is 5.44. The van der Waals surface area contributed by atoms with Crippen molar-refractivity contribution in [2.24, 2.45) is 7.05 Å². The topological polar surface area (TPSA) is 34.9 Å². The van der Waals surface area contributed by atoms with E-state index in [-0.39, 0.29) is 17.2 Å². The molecule has 2 aromatic carbocycles. The van der Waals surface area contributed by atoms with Crippen molar-refractivity contribution in [1.29, 1.82) is 0 Å². The Labute approximate surface area is 126 Å². The lowest BCUT2D eigenvalue weighted by molar-refractivity contribution is 0.0992. The van der Waals surface area contributed by atoms with Crippen LogP contribution in [0, 0.1) is 5.82 Å². The maximum Gasteiger partial charge on any atom is 0.170 e. The van der Waals surface area contributed by atoms with E-state index in [1.165, 1.54) is 12.1 Å². The number of carbonyl (C=O) groups is 1. The smallest absolute Gasteiger partial charge is 0.170 e. The van der Waals surface area contributed by atoms with Crippen LogP contribution < -0.4 is 0 Å². The summed E-state index contributed by atoms with van der Waals surface area (Å²) < 4.78 is 14.8. The number of halogens is 2. The Morgan fingerprint density at radius 2 is 2.05 bits per heavy atom. The first-order chi connectivity index (χ1) is 10.1. The molecule has 0 saturated heterocycles. The summed E-state index contributed by atoms with van der Waals surface area (Å²) in [6.45, 7) is 0. The van der Waals surface area contributed by atoms with Gasteiger partial charge in [-0.2, -0.15) is 5.10 Å². The molecular weight excluding hydrogens is 291 g/mol. The summed E-state index contributed by atoms with van der Waals surface area (Å²) in [6.07, 6.45) is 0.132. The van der Waals surface area contributed by atoms with E-state index in [1.807, 2.05) is 31.3 Å². The number of ketones is 1. The highest BCUT2D eigenvalue weighted by Gasteiger charge is 2.16. The SMILES string of the molecule is Cn1nc(CC(=O)c2ccc(F)cc2Cl)c2ccccc21. The van der Waals surface area contributed by atoms with Crippen molar-refractivity contribution >= 4 is 28.3 Å². The van der Waals surface area contributed by atoms with Gasteiger partial charge in [0.2, 0.25) is 0 Å². The Kier molecular flexibility index (Phi) is 3.47. The molecule has 0 unspecified atom stereocenters. The van der Waals surface area contributed by atoms with Crippen molar-refractivity contribution in [3.63, 3.8) is 0 Å². The molecule has 1 aromatic heterocycles. The number of hydrogen-bond acceptors (Lipinski definition) is 2. The molecule has 21 heavy (non-hydrogen) atoms. The zero-order valence-corrected chi connectivity index (χ0v) is 12.1. The Balaban J connectivity index is 1.97. The number of nitrogens with zero attached hydrogens (tertiary/aromatic N) is 2. The summed E-state index contributed by atoms with van der Waals surface area (Å²) in [7, 11) is 1.83. The number of benzene rings is 2. The molecule has 0 bridgehead atoms. The second kappa shape index (κ2) is 5.30. The van der Waals surface area contributed by atoms with Crippen LogP contribution in [0.15, 0.2) is 42.5 Å². The van der Waals surface area contributed by atoms with Gasteiger partial charge in [0, 0.05) is 18.0 Å². The normalized spacial score (nSPS) is 11.0. The van der Waals surface area contributed by atoms with Gasteiger partial charge in [0.15, 0.2) is 5.78 Å². The van der Waals surface area contributed by atoms with Crippen molar-refractivity contribution in [2.45, 2.75) is 6.42 Å². The van der Waals surface area contributed by atoms with E-state index >= 15 is 0 Å². The number of hydrogen-bond donors (Lipinski definition) is 0. The highest BCUT2D eigenvalue weighted by atomic mass is 35.5. The first kappa shape index (κ1) is 13.8. The van der Waals surface area contributed by atoms with Gasteiger partial charge in [-0.1, -0.05) is 29.8 Å². The van der Waals surface area contributed by atoms with E-state index in [2.05, 4.69) is 5.10 Å². The van der Waals surface area contributed by atoms with Gasteiger partial charge in [-0.3, -0.25) is 9.48 Å². The Morgan fingerprint density at radius 1 is 1.29 bits per heavy atom.